The number of hydrogen-bond acceptors (Lipinski definition) is 0. The first-order valence-corrected chi connectivity index (χ1v) is 19.8. The van der Waals surface area contributed by atoms with Gasteiger partial charge in [0.25, 0.3) is 0 Å². The second-order valence-corrected chi connectivity index (χ2v) is 15.6. The van der Waals surface area contributed by atoms with Gasteiger partial charge in [0, 0.05) is 4.47 Å². The van der Waals surface area contributed by atoms with Gasteiger partial charge in [-0.25, -0.2) is 0 Å². The molecular formula is C54H31Br. The number of hydrogen-bond donors (Lipinski definition) is 0. The highest BCUT2D eigenvalue weighted by Gasteiger charge is 2.28. The summed E-state index contributed by atoms with van der Waals surface area (Å²) >= 11 is 3.97. The maximum atomic E-state index is 3.97. The topological polar surface area (TPSA) is 0 Å². The average molecular weight is 760 g/mol. The summed E-state index contributed by atoms with van der Waals surface area (Å²) in [6, 6.07) is 69.8. The first kappa shape index (κ1) is 30.9. The Bertz CT molecular complexity index is 3470. The Kier molecular flexibility index (Phi) is 6.58. The number of benzene rings is 10. The molecule has 0 saturated carbocycles. The summed E-state index contributed by atoms with van der Waals surface area (Å²) in [5.41, 5.74) is 9.98. The molecule has 0 unspecified atom stereocenters. The molecule has 0 fully saturated rings. The van der Waals surface area contributed by atoms with Crippen molar-refractivity contribution in [3.8, 4) is 44.5 Å². The molecule has 0 atom stereocenters. The third-order valence-corrected chi connectivity index (χ3v) is 12.7. The smallest absolute Gasteiger partial charge is 0.0254 e. The van der Waals surface area contributed by atoms with Gasteiger partial charge >= 0.3 is 0 Å². The Labute approximate surface area is 326 Å². The molecule has 12 rings (SSSR count). The molecule has 0 bridgehead atoms. The van der Waals surface area contributed by atoms with Crippen LogP contribution in [0.3, 0.4) is 0 Å². The SMILES string of the molecule is Brc1ccc2c3c(-c4ccccc4-c4ccccc4)c4cc5c6ccccc6c6cccc(c4c(-c4ccccc4-c4ccccc4)c3c3cccc1c23)c65. The van der Waals surface area contributed by atoms with E-state index in [-0.39, 0.29) is 0 Å². The molecule has 12 aromatic carbocycles. The summed E-state index contributed by atoms with van der Waals surface area (Å²) in [5.74, 6) is 0. The van der Waals surface area contributed by atoms with Crippen LogP contribution in [-0.2, 0) is 0 Å². The molecule has 0 amide bonds. The van der Waals surface area contributed by atoms with E-state index in [1.54, 1.807) is 0 Å². The maximum Gasteiger partial charge on any atom is 0.0254 e. The highest BCUT2D eigenvalue weighted by Crippen LogP contribution is 2.56. The van der Waals surface area contributed by atoms with E-state index in [0.29, 0.717) is 0 Å². The second-order valence-electron chi connectivity index (χ2n) is 14.8. The van der Waals surface area contributed by atoms with Crippen molar-refractivity contribution in [1.29, 1.82) is 0 Å². The van der Waals surface area contributed by atoms with E-state index in [0.717, 1.165) is 4.47 Å². The highest BCUT2D eigenvalue weighted by molar-refractivity contribution is 9.10. The lowest BCUT2D eigenvalue weighted by Gasteiger charge is -2.22. The Hall–Kier alpha value is -6.54. The summed E-state index contributed by atoms with van der Waals surface area (Å²) in [6.45, 7) is 0. The zero-order valence-corrected chi connectivity index (χ0v) is 31.4. The fourth-order valence-corrected chi connectivity index (χ4v) is 10.3. The minimum Gasteiger partial charge on any atom is -0.0622 e. The molecule has 1 heteroatoms. The van der Waals surface area contributed by atoms with E-state index >= 15 is 0 Å². The number of fused-ring (bicyclic) bond motifs is 8. The Morgan fingerprint density at radius 3 is 1.33 bits per heavy atom. The van der Waals surface area contributed by atoms with E-state index in [2.05, 4.69) is 204 Å². The first-order valence-electron chi connectivity index (χ1n) is 19.0. The van der Waals surface area contributed by atoms with E-state index in [9.17, 15) is 0 Å². The minimum absolute atomic E-state index is 1.12. The van der Waals surface area contributed by atoms with Gasteiger partial charge in [-0.3, -0.25) is 0 Å². The zero-order valence-electron chi connectivity index (χ0n) is 29.8. The second kappa shape index (κ2) is 11.7. The molecule has 12 aromatic rings. The van der Waals surface area contributed by atoms with Gasteiger partial charge in [-0.05, 0) is 132 Å². The van der Waals surface area contributed by atoms with Crippen molar-refractivity contribution in [2.75, 3.05) is 0 Å². The van der Waals surface area contributed by atoms with Gasteiger partial charge in [0.15, 0.2) is 0 Å². The van der Waals surface area contributed by atoms with Gasteiger partial charge in [-0.15, -0.1) is 0 Å². The van der Waals surface area contributed by atoms with Crippen molar-refractivity contribution in [1.82, 2.24) is 0 Å². The molecule has 0 radical (unpaired) electrons. The lowest BCUT2D eigenvalue weighted by atomic mass is 9.81. The van der Waals surface area contributed by atoms with E-state index in [1.165, 1.54) is 120 Å². The van der Waals surface area contributed by atoms with E-state index < -0.39 is 0 Å². The van der Waals surface area contributed by atoms with Crippen LogP contribution in [0.15, 0.2) is 193 Å². The summed E-state index contributed by atoms with van der Waals surface area (Å²) in [4.78, 5) is 0. The van der Waals surface area contributed by atoms with Gasteiger partial charge in [-0.1, -0.05) is 192 Å². The number of halogens is 1. The summed E-state index contributed by atoms with van der Waals surface area (Å²) < 4.78 is 1.12. The molecule has 0 aliphatic heterocycles. The third kappa shape index (κ3) is 4.28. The first-order chi connectivity index (χ1) is 27.3. The monoisotopic (exact) mass is 758 g/mol. The molecule has 254 valence electrons. The van der Waals surface area contributed by atoms with Crippen molar-refractivity contribution in [2.45, 2.75) is 0 Å². The largest absolute Gasteiger partial charge is 0.0622 e. The van der Waals surface area contributed by atoms with Crippen molar-refractivity contribution < 1.29 is 0 Å². The highest BCUT2D eigenvalue weighted by atomic mass is 79.9. The Morgan fingerprint density at radius 2 is 0.673 bits per heavy atom. The molecule has 55 heavy (non-hydrogen) atoms. The van der Waals surface area contributed by atoms with Gasteiger partial charge in [-0.2, -0.15) is 0 Å². The van der Waals surface area contributed by atoms with Gasteiger partial charge in [0.1, 0.15) is 0 Å². The van der Waals surface area contributed by atoms with Crippen LogP contribution in [0.2, 0.25) is 0 Å². The standard InChI is InChI=1S/C54H31Br/c55-47-30-29-44-49-41(47)26-14-28-43(49)54-52(39-24-12-8-20-35(39)33-17-5-2-6-18-33)51-42-27-13-25-40-36-21-9-10-22-37(36)45(48(40)42)31-46(51)50(53(44)54)38-23-11-7-19-34(38)32-15-3-1-4-16-32/h1-31H. The fraction of sp³-hybridized carbons (Fsp3) is 0. The fourth-order valence-electron chi connectivity index (χ4n) is 9.87. The molecule has 0 N–H and O–H groups in total. The average Bonchev–Trinajstić information content (AvgIpc) is 3.76. The maximum absolute atomic E-state index is 3.97. The van der Waals surface area contributed by atoms with Crippen LogP contribution in [0.25, 0.3) is 120 Å². The third-order valence-electron chi connectivity index (χ3n) is 12.0. The van der Waals surface area contributed by atoms with Crippen LogP contribution in [0.4, 0.5) is 0 Å². The summed E-state index contributed by atoms with van der Waals surface area (Å²) in [5, 5.41) is 18.2. The molecule has 0 spiro atoms. The van der Waals surface area contributed by atoms with Gasteiger partial charge in [0.2, 0.25) is 0 Å². The minimum atomic E-state index is 1.12. The van der Waals surface area contributed by atoms with Crippen molar-refractivity contribution in [3.05, 3.63) is 193 Å². The zero-order chi connectivity index (χ0) is 36.2. The van der Waals surface area contributed by atoms with Crippen LogP contribution in [0.1, 0.15) is 0 Å². The molecular weight excluding hydrogens is 728 g/mol. The summed E-state index contributed by atoms with van der Waals surface area (Å²) in [6.07, 6.45) is 0. The molecule has 0 heterocycles. The van der Waals surface area contributed by atoms with Crippen LogP contribution < -0.4 is 0 Å². The van der Waals surface area contributed by atoms with Crippen LogP contribution in [0, 0.1) is 0 Å². The predicted octanol–water partition coefficient (Wildman–Crippen LogP) is 16.1. The van der Waals surface area contributed by atoms with E-state index in [4.69, 9.17) is 0 Å². The molecule has 0 saturated heterocycles. The normalized spacial score (nSPS) is 12.1. The molecule has 0 nitrogen and oxygen atoms in total. The van der Waals surface area contributed by atoms with Crippen LogP contribution in [0.5, 0.6) is 0 Å². The Morgan fingerprint density at radius 1 is 0.236 bits per heavy atom. The molecule has 0 aliphatic rings. The lowest BCUT2D eigenvalue weighted by molar-refractivity contribution is 1.61. The Balaban J connectivity index is 1.43. The summed E-state index contributed by atoms with van der Waals surface area (Å²) in [7, 11) is 0. The molecule has 0 aliphatic carbocycles. The molecule has 0 aromatic heterocycles. The van der Waals surface area contributed by atoms with Crippen LogP contribution >= 0.6 is 15.9 Å². The van der Waals surface area contributed by atoms with Gasteiger partial charge in [0.05, 0.1) is 0 Å². The van der Waals surface area contributed by atoms with Crippen molar-refractivity contribution in [2.24, 2.45) is 0 Å². The number of rotatable bonds is 4. The van der Waals surface area contributed by atoms with Crippen LogP contribution in [-0.4, -0.2) is 0 Å². The van der Waals surface area contributed by atoms with Gasteiger partial charge < -0.3 is 0 Å². The lowest BCUT2D eigenvalue weighted by Crippen LogP contribution is -1.94. The quantitative estimate of drug-likeness (QED) is 0.157. The van der Waals surface area contributed by atoms with Crippen molar-refractivity contribution in [3.63, 3.8) is 0 Å². The predicted molar refractivity (Wildman–Crippen MR) is 241 cm³/mol. The van der Waals surface area contributed by atoms with Crippen molar-refractivity contribution >= 4 is 91.3 Å². The van der Waals surface area contributed by atoms with E-state index in [1.807, 2.05) is 0 Å².